The molecule has 0 amide bonds. The summed E-state index contributed by atoms with van der Waals surface area (Å²) >= 11 is 1.25. The third-order valence-corrected chi connectivity index (χ3v) is 4.85. The highest BCUT2D eigenvalue weighted by Gasteiger charge is 2.16. The molecule has 1 aromatic heterocycles. The van der Waals surface area contributed by atoms with Gasteiger partial charge >= 0.3 is 0 Å². The van der Waals surface area contributed by atoms with Gasteiger partial charge in [0, 0.05) is 12.1 Å². The van der Waals surface area contributed by atoms with Crippen molar-refractivity contribution in [3.8, 4) is 17.1 Å². The Hall–Kier alpha value is -2.67. The summed E-state index contributed by atoms with van der Waals surface area (Å²) in [4.78, 5) is 12.3. The van der Waals surface area contributed by atoms with Crippen molar-refractivity contribution in [1.29, 1.82) is 0 Å². The Morgan fingerprint density at radius 1 is 1.15 bits per heavy atom. The standard InChI is InChI=1S/C19H18FN3O2S/c1-3-23-18(13-8-10-14(25-2)11-9-13)21-22-19(23)26-12-17(24)15-6-4-5-7-16(15)20/h4-11H,3,12H2,1-2H3. The third kappa shape index (κ3) is 3.77. The number of ketones is 1. The summed E-state index contributed by atoms with van der Waals surface area (Å²) in [5, 5.41) is 9.07. The first-order chi connectivity index (χ1) is 12.6. The van der Waals surface area contributed by atoms with Gasteiger partial charge < -0.3 is 9.30 Å². The van der Waals surface area contributed by atoms with Gasteiger partial charge in [-0.05, 0) is 43.3 Å². The smallest absolute Gasteiger partial charge is 0.191 e. The molecule has 0 aliphatic rings. The molecule has 7 heteroatoms. The van der Waals surface area contributed by atoms with Crippen LogP contribution < -0.4 is 4.74 Å². The number of hydrogen-bond acceptors (Lipinski definition) is 5. The van der Waals surface area contributed by atoms with Gasteiger partial charge in [-0.1, -0.05) is 23.9 Å². The van der Waals surface area contributed by atoms with E-state index in [1.165, 1.54) is 23.9 Å². The van der Waals surface area contributed by atoms with Gasteiger partial charge in [-0.15, -0.1) is 10.2 Å². The first kappa shape index (κ1) is 18.1. The van der Waals surface area contributed by atoms with E-state index in [2.05, 4.69) is 10.2 Å². The molecule has 0 bridgehead atoms. The molecule has 0 aliphatic heterocycles. The first-order valence-corrected chi connectivity index (χ1v) is 9.10. The molecular weight excluding hydrogens is 353 g/mol. The average molecular weight is 371 g/mol. The van der Waals surface area contributed by atoms with Crippen molar-refractivity contribution in [2.45, 2.75) is 18.6 Å². The molecule has 0 radical (unpaired) electrons. The van der Waals surface area contributed by atoms with Crippen molar-refractivity contribution in [3.05, 3.63) is 59.9 Å². The molecule has 26 heavy (non-hydrogen) atoms. The Bertz CT molecular complexity index is 909. The second-order valence-corrected chi connectivity index (χ2v) is 6.41. The van der Waals surface area contributed by atoms with E-state index >= 15 is 0 Å². The van der Waals surface area contributed by atoms with Crippen molar-refractivity contribution in [2.24, 2.45) is 0 Å². The Morgan fingerprint density at radius 2 is 1.88 bits per heavy atom. The second-order valence-electron chi connectivity index (χ2n) is 5.47. The summed E-state index contributed by atoms with van der Waals surface area (Å²) in [5.41, 5.74) is 1.00. The molecular formula is C19H18FN3O2S. The fourth-order valence-corrected chi connectivity index (χ4v) is 3.42. The molecule has 0 fully saturated rings. The minimum Gasteiger partial charge on any atom is -0.497 e. The molecule has 3 aromatic rings. The number of benzene rings is 2. The van der Waals surface area contributed by atoms with Gasteiger partial charge in [0.15, 0.2) is 16.8 Å². The van der Waals surface area contributed by atoms with Crippen LogP contribution in [0.3, 0.4) is 0 Å². The van der Waals surface area contributed by atoms with Crippen LogP contribution in [-0.4, -0.2) is 33.4 Å². The highest BCUT2D eigenvalue weighted by atomic mass is 32.2. The van der Waals surface area contributed by atoms with E-state index in [1.54, 1.807) is 19.2 Å². The zero-order valence-electron chi connectivity index (χ0n) is 14.5. The lowest BCUT2D eigenvalue weighted by molar-refractivity contribution is 0.101. The fraction of sp³-hybridized carbons (Fsp3) is 0.211. The summed E-state index contributed by atoms with van der Waals surface area (Å²) in [5.74, 6) is 0.804. The van der Waals surface area contributed by atoms with Crippen molar-refractivity contribution in [2.75, 3.05) is 12.9 Å². The molecule has 5 nitrogen and oxygen atoms in total. The van der Waals surface area contributed by atoms with Gasteiger partial charge in [0.1, 0.15) is 11.6 Å². The van der Waals surface area contributed by atoms with Crippen LogP contribution in [0.15, 0.2) is 53.7 Å². The van der Waals surface area contributed by atoms with Gasteiger partial charge in [0.25, 0.3) is 0 Å². The maximum Gasteiger partial charge on any atom is 0.191 e. The zero-order valence-corrected chi connectivity index (χ0v) is 15.3. The van der Waals surface area contributed by atoms with Gasteiger partial charge in [-0.2, -0.15) is 0 Å². The van der Waals surface area contributed by atoms with Crippen LogP contribution in [0.2, 0.25) is 0 Å². The number of aromatic nitrogens is 3. The zero-order chi connectivity index (χ0) is 18.5. The van der Waals surface area contributed by atoms with Crippen molar-refractivity contribution in [1.82, 2.24) is 14.8 Å². The van der Waals surface area contributed by atoms with E-state index in [4.69, 9.17) is 4.74 Å². The number of thioether (sulfide) groups is 1. The molecule has 3 rings (SSSR count). The lowest BCUT2D eigenvalue weighted by Crippen LogP contribution is -2.07. The van der Waals surface area contributed by atoms with E-state index in [0.29, 0.717) is 11.7 Å². The number of carbonyl (C=O) groups is 1. The minimum atomic E-state index is -0.506. The van der Waals surface area contributed by atoms with E-state index in [9.17, 15) is 9.18 Å². The van der Waals surface area contributed by atoms with Crippen LogP contribution in [0.5, 0.6) is 5.75 Å². The molecule has 0 aliphatic carbocycles. The van der Waals surface area contributed by atoms with E-state index in [0.717, 1.165) is 17.1 Å². The van der Waals surface area contributed by atoms with Crippen LogP contribution >= 0.6 is 11.8 Å². The average Bonchev–Trinajstić information content (AvgIpc) is 3.09. The van der Waals surface area contributed by atoms with Crippen molar-refractivity contribution in [3.63, 3.8) is 0 Å². The number of rotatable bonds is 7. The highest BCUT2D eigenvalue weighted by Crippen LogP contribution is 2.26. The van der Waals surface area contributed by atoms with E-state index in [1.807, 2.05) is 35.8 Å². The summed E-state index contributed by atoms with van der Waals surface area (Å²) < 4.78 is 20.8. The highest BCUT2D eigenvalue weighted by molar-refractivity contribution is 7.99. The van der Waals surface area contributed by atoms with E-state index < -0.39 is 5.82 Å². The summed E-state index contributed by atoms with van der Waals surface area (Å²) in [7, 11) is 1.62. The van der Waals surface area contributed by atoms with Gasteiger partial charge in [-0.25, -0.2) is 4.39 Å². The minimum absolute atomic E-state index is 0.0953. The maximum absolute atomic E-state index is 13.7. The summed E-state index contributed by atoms with van der Waals surface area (Å²) in [6.45, 7) is 2.64. The van der Waals surface area contributed by atoms with Crippen LogP contribution in [-0.2, 0) is 6.54 Å². The van der Waals surface area contributed by atoms with Crippen LogP contribution in [0.1, 0.15) is 17.3 Å². The number of carbonyl (C=O) groups excluding carboxylic acids is 1. The van der Waals surface area contributed by atoms with Crippen LogP contribution in [0.25, 0.3) is 11.4 Å². The SMILES string of the molecule is CCn1c(SCC(=O)c2ccccc2F)nnc1-c1ccc(OC)cc1. The number of Topliss-reactive ketones (excluding diaryl/α,β-unsaturated/α-hetero) is 1. The normalized spacial score (nSPS) is 10.7. The second kappa shape index (κ2) is 8.14. The predicted molar refractivity (Wildman–Crippen MR) is 99.1 cm³/mol. The Balaban J connectivity index is 1.78. The fourth-order valence-electron chi connectivity index (χ4n) is 2.53. The molecule has 0 N–H and O–H groups in total. The number of halogens is 1. The van der Waals surface area contributed by atoms with Gasteiger partial charge in [-0.3, -0.25) is 4.79 Å². The van der Waals surface area contributed by atoms with Gasteiger partial charge in [0.2, 0.25) is 0 Å². The molecule has 1 heterocycles. The molecule has 2 aromatic carbocycles. The number of ether oxygens (including phenoxy) is 1. The lowest BCUT2D eigenvalue weighted by atomic mass is 10.1. The number of nitrogens with zero attached hydrogens (tertiary/aromatic N) is 3. The lowest BCUT2D eigenvalue weighted by Gasteiger charge is -2.08. The summed E-state index contributed by atoms with van der Waals surface area (Å²) in [6, 6.07) is 13.5. The quantitative estimate of drug-likeness (QED) is 0.462. The van der Waals surface area contributed by atoms with Crippen LogP contribution in [0.4, 0.5) is 4.39 Å². The summed E-state index contributed by atoms with van der Waals surface area (Å²) in [6.07, 6.45) is 0. The topological polar surface area (TPSA) is 57.0 Å². The number of methoxy groups -OCH3 is 1. The van der Waals surface area contributed by atoms with Gasteiger partial charge in [0.05, 0.1) is 18.4 Å². The maximum atomic E-state index is 13.7. The predicted octanol–water partition coefficient (Wildman–Crippen LogP) is 4.09. The molecule has 0 saturated carbocycles. The Kier molecular flexibility index (Phi) is 5.68. The van der Waals surface area contributed by atoms with Crippen molar-refractivity contribution >= 4 is 17.5 Å². The Labute approximate surface area is 155 Å². The molecule has 0 unspecified atom stereocenters. The first-order valence-electron chi connectivity index (χ1n) is 8.12. The third-order valence-electron chi connectivity index (χ3n) is 3.89. The number of hydrogen-bond donors (Lipinski definition) is 0. The molecule has 0 saturated heterocycles. The largest absolute Gasteiger partial charge is 0.497 e. The monoisotopic (exact) mass is 371 g/mol. The van der Waals surface area contributed by atoms with Crippen LogP contribution in [0, 0.1) is 5.82 Å². The van der Waals surface area contributed by atoms with E-state index in [-0.39, 0.29) is 17.1 Å². The molecule has 134 valence electrons. The molecule has 0 atom stereocenters. The molecule has 0 spiro atoms. The Morgan fingerprint density at radius 3 is 2.54 bits per heavy atom. The van der Waals surface area contributed by atoms with Crippen molar-refractivity contribution < 1.29 is 13.9 Å².